The molecular formula is C8H16NO+. The van der Waals surface area contributed by atoms with Crippen LogP contribution in [0.15, 0.2) is 0 Å². The van der Waals surface area contributed by atoms with Crippen molar-refractivity contribution in [3.05, 3.63) is 0 Å². The van der Waals surface area contributed by atoms with Crippen molar-refractivity contribution in [2.24, 2.45) is 0 Å². The number of Topliss-reactive ketones (excluding diaryl/α,β-unsaturated/α-hetero) is 1. The van der Waals surface area contributed by atoms with Gasteiger partial charge in [-0.05, 0) is 6.92 Å². The van der Waals surface area contributed by atoms with Crippen LogP contribution in [0.25, 0.3) is 0 Å². The Balaban J connectivity index is 2.33. The number of nitrogens with one attached hydrogen (secondary N) is 1. The second-order valence-corrected chi connectivity index (χ2v) is 3.34. The van der Waals surface area contributed by atoms with Gasteiger partial charge in [0.2, 0.25) is 0 Å². The molecule has 1 N–H and O–H groups in total. The minimum atomic E-state index is 0.339. The van der Waals surface area contributed by atoms with Crippen LogP contribution >= 0.6 is 0 Å². The summed E-state index contributed by atoms with van der Waals surface area (Å²) in [5, 5.41) is 0. The van der Waals surface area contributed by atoms with Gasteiger partial charge in [0.15, 0.2) is 0 Å². The number of rotatable bonds is 2. The fraction of sp³-hybridized carbons (Fsp3) is 0.875. The van der Waals surface area contributed by atoms with Crippen LogP contribution in [0.1, 0.15) is 26.2 Å². The fourth-order valence-electron chi connectivity index (χ4n) is 1.70. The second-order valence-electron chi connectivity index (χ2n) is 3.34. The zero-order valence-corrected chi connectivity index (χ0v) is 6.81. The van der Waals surface area contributed by atoms with Crippen molar-refractivity contribution in [2.45, 2.75) is 32.2 Å². The van der Waals surface area contributed by atoms with Crippen molar-refractivity contribution in [1.29, 1.82) is 0 Å². The smallest absolute Gasteiger partial charge is 0.135 e. The number of hydrogen-bond acceptors (Lipinski definition) is 1. The summed E-state index contributed by atoms with van der Waals surface area (Å²) in [4.78, 5) is 12.3. The van der Waals surface area contributed by atoms with Gasteiger partial charge in [0.1, 0.15) is 5.78 Å². The van der Waals surface area contributed by atoms with Gasteiger partial charge >= 0.3 is 0 Å². The Hall–Kier alpha value is -0.370. The van der Waals surface area contributed by atoms with Crippen LogP contribution in [0.3, 0.4) is 0 Å². The van der Waals surface area contributed by atoms with Crippen molar-refractivity contribution in [1.82, 2.24) is 0 Å². The number of quaternary nitrogens is 1. The number of hydrogen-bond donors (Lipinski definition) is 1. The van der Waals surface area contributed by atoms with Gasteiger partial charge in [-0.25, -0.2) is 0 Å². The molecule has 2 unspecified atom stereocenters. The largest absolute Gasteiger partial charge is 0.335 e. The van der Waals surface area contributed by atoms with Crippen LogP contribution in [-0.4, -0.2) is 25.4 Å². The van der Waals surface area contributed by atoms with E-state index >= 15 is 0 Å². The molecule has 0 aliphatic carbocycles. The first-order valence-electron chi connectivity index (χ1n) is 4.02. The number of carbonyl (C=O) groups excluding carboxylic acids is 1. The predicted octanol–water partition coefficient (Wildman–Crippen LogP) is -0.357. The van der Waals surface area contributed by atoms with Gasteiger partial charge in [0, 0.05) is 12.8 Å². The summed E-state index contributed by atoms with van der Waals surface area (Å²) in [6.07, 6.45) is 3.32. The predicted molar refractivity (Wildman–Crippen MR) is 40.1 cm³/mol. The first-order valence-corrected chi connectivity index (χ1v) is 4.02. The highest BCUT2D eigenvalue weighted by molar-refractivity contribution is 5.75. The lowest BCUT2D eigenvalue weighted by atomic mass is 10.1. The molecule has 2 atom stereocenters. The van der Waals surface area contributed by atoms with Gasteiger partial charge in [-0.15, -0.1) is 0 Å². The van der Waals surface area contributed by atoms with Crippen molar-refractivity contribution >= 4 is 5.78 Å². The maximum absolute atomic E-state index is 10.7. The van der Waals surface area contributed by atoms with Gasteiger partial charge < -0.3 is 4.90 Å². The van der Waals surface area contributed by atoms with Crippen LogP contribution in [0.5, 0.6) is 0 Å². The number of ketones is 1. The molecule has 58 valence electrons. The standard InChI is InChI=1S/C8H15NO/c1-7(10)6-8-4-3-5-9(8)2/h8H,3-6H2,1-2H3/p+1. The molecule has 1 saturated heterocycles. The first kappa shape index (κ1) is 7.73. The van der Waals surface area contributed by atoms with E-state index in [-0.39, 0.29) is 0 Å². The third kappa shape index (κ3) is 1.81. The van der Waals surface area contributed by atoms with Gasteiger partial charge in [-0.1, -0.05) is 0 Å². The molecule has 0 saturated carbocycles. The van der Waals surface area contributed by atoms with E-state index < -0.39 is 0 Å². The summed E-state index contributed by atoms with van der Waals surface area (Å²) < 4.78 is 0. The maximum atomic E-state index is 10.7. The van der Waals surface area contributed by atoms with E-state index in [0.29, 0.717) is 11.8 Å². The Labute approximate surface area is 62.2 Å². The molecule has 1 aliphatic rings. The number of likely N-dealkylation sites (tertiary alicyclic amines) is 1. The average Bonchev–Trinajstić information content (AvgIpc) is 2.15. The van der Waals surface area contributed by atoms with E-state index in [1.807, 2.05) is 0 Å². The van der Waals surface area contributed by atoms with Gasteiger partial charge in [0.25, 0.3) is 0 Å². The topological polar surface area (TPSA) is 21.5 Å². The molecule has 0 aromatic heterocycles. The Morgan fingerprint density at radius 2 is 2.40 bits per heavy atom. The normalized spacial score (nSPS) is 32.6. The van der Waals surface area contributed by atoms with E-state index in [2.05, 4.69) is 7.05 Å². The quantitative estimate of drug-likeness (QED) is 0.559. The van der Waals surface area contributed by atoms with E-state index in [9.17, 15) is 4.79 Å². The van der Waals surface area contributed by atoms with Crippen LogP contribution in [0.4, 0.5) is 0 Å². The van der Waals surface area contributed by atoms with Gasteiger partial charge in [-0.3, -0.25) is 4.79 Å². The Morgan fingerprint density at radius 3 is 2.80 bits per heavy atom. The minimum absolute atomic E-state index is 0.339. The van der Waals surface area contributed by atoms with Crippen LogP contribution in [-0.2, 0) is 4.79 Å². The van der Waals surface area contributed by atoms with Crippen molar-refractivity contribution < 1.29 is 9.69 Å². The molecule has 0 radical (unpaired) electrons. The average molecular weight is 142 g/mol. The summed E-state index contributed by atoms with van der Waals surface area (Å²) in [6, 6.07) is 0.623. The van der Waals surface area contributed by atoms with E-state index in [1.165, 1.54) is 24.3 Å². The molecule has 0 amide bonds. The molecule has 2 heteroatoms. The fourth-order valence-corrected chi connectivity index (χ4v) is 1.70. The van der Waals surface area contributed by atoms with Crippen LogP contribution < -0.4 is 4.90 Å². The molecule has 10 heavy (non-hydrogen) atoms. The molecular weight excluding hydrogens is 126 g/mol. The molecule has 1 heterocycles. The molecule has 0 spiro atoms. The lowest BCUT2D eigenvalue weighted by Gasteiger charge is -2.14. The molecule has 0 aromatic carbocycles. The SMILES string of the molecule is CC(=O)CC1CCC[NH+]1C. The Kier molecular flexibility index (Phi) is 2.44. The Morgan fingerprint density at radius 1 is 1.70 bits per heavy atom. The summed E-state index contributed by atoms with van der Waals surface area (Å²) in [5.41, 5.74) is 0. The van der Waals surface area contributed by atoms with Gasteiger partial charge in [0.05, 0.1) is 26.1 Å². The molecule has 1 aliphatic heterocycles. The Bertz CT molecular complexity index is 133. The third-order valence-electron chi connectivity index (χ3n) is 2.35. The number of carbonyl (C=O) groups is 1. The first-order chi connectivity index (χ1) is 4.70. The summed E-state index contributed by atoms with van der Waals surface area (Å²) in [5.74, 6) is 0.339. The van der Waals surface area contributed by atoms with E-state index in [0.717, 1.165) is 6.42 Å². The molecule has 1 rings (SSSR count). The second kappa shape index (κ2) is 3.15. The molecule has 2 nitrogen and oxygen atoms in total. The van der Waals surface area contributed by atoms with Gasteiger partial charge in [-0.2, -0.15) is 0 Å². The van der Waals surface area contributed by atoms with Crippen molar-refractivity contribution in [3.63, 3.8) is 0 Å². The van der Waals surface area contributed by atoms with Crippen molar-refractivity contribution in [2.75, 3.05) is 13.6 Å². The van der Waals surface area contributed by atoms with E-state index in [1.54, 1.807) is 6.92 Å². The van der Waals surface area contributed by atoms with E-state index in [4.69, 9.17) is 0 Å². The lowest BCUT2D eigenvalue weighted by Crippen LogP contribution is -3.10. The zero-order valence-electron chi connectivity index (χ0n) is 6.81. The molecule has 1 fully saturated rings. The zero-order chi connectivity index (χ0) is 7.56. The highest BCUT2D eigenvalue weighted by Crippen LogP contribution is 2.03. The summed E-state index contributed by atoms with van der Waals surface area (Å²) in [6.45, 7) is 2.93. The lowest BCUT2D eigenvalue weighted by molar-refractivity contribution is -0.891. The highest BCUT2D eigenvalue weighted by atomic mass is 16.1. The highest BCUT2D eigenvalue weighted by Gasteiger charge is 2.25. The monoisotopic (exact) mass is 142 g/mol. The summed E-state index contributed by atoms with van der Waals surface area (Å²) in [7, 11) is 2.18. The summed E-state index contributed by atoms with van der Waals surface area (Å²) >= 11 is 0. The van der Waals surface area contributed by atoms with Crippen LogP contribution in [0.2, 0.25) is 0 Å². The third-order valence-corrected chi connectivity index (χ3v) is 2.35. The molecule has 0 bridgehead atoms. The van der Waals surface area contributed by atoms with Crippen molar-refractivity contribution in [3.8, 4) is 0 Å². The minimum Gasteiger partial charge on any atom is -0.335 e. The molecule has 0 aromatic rings. The maximum Gasteiger partial charge on any atom is 0.135 e. The van der Waals surface area contributed by atoms with Crippen LogP contribution in [0, 0.1) is 0 Å².